The largest absolute Gasteiger partial charge is 0.478 e. The van der Waals surface area contributed by atoms with E-state index in [1.807, 2.05) is 18.2 Å². The minimum atomic E-state index is -0.957. The zero-order chi connectivity index (χ0) is 15.1. The summed E-state index contributed by atoms with van der Waals surface area (Å²) < 4.78 is 1.48. The van der Waals surface area contributed by atoms with E-state index >= 15 is 0 Å². The van der Waals surface area contributed by atoms with E-state index in [0.29, 0.717) is 26.5 Å². The predicted molar refractivity (Wildman–Crippen MR) is 89.5 cm³/mol. The Morgan fingerprint density at radius 1 is 1.33 bits per heavy atom. The van der Waals surface area contributed by atoms with Crippen LogP contribution in [0.4, 0.5) is 0 Å². The van der Waals surface area contributed by atoms with Crippen LogP contribution in [0.25, 0.3) is 21.5 Å². The van der Waals surface area contributed by atoms with Gasteiger partial charge in [0.15, 0.2) is 0 Å². The highest BCUT2D eigenvalue weighted by Crippen LogP contribution is 2.35. The van der Waals surface area contributed by atoms with Gasteiger partial charge in [0.25, 0.3) is 0 Å². The second kappa shape index (κ2) is 5.40. The monoisotopic (exact) mass is 381 g/mol. The average molecular weight is 383 g/mol. The maximum atomic E-state index is 11.7. The summed E-state index contributed by atoms with van der Waals surface area (Å²) in [6.07, 6.45) is 0. The summed E-state index contributed by atoms with van der Waals surface area (Å²) in [4.78, 5) is 17.1. The van der Waals surface area contributed by atoms with Crippen LogP contribution in [0, 0.1) is 6.92 Å². The molecule has 0 radical (unpaired) electrons. The van der Waals surface area contributed by atoms with Crippen molar-refractivity contribution in [1.29, 1.82) is 0 Å². The molecule has 106 valence electrons. The number of carboxylic acid groups (broad SMARTS) is 1. The van der Waals surface area contributed by atoms with E-state index in [-0.39, 0.29) is 5.56 Å². The van der Waals surface area contributed by atoms with E-state index in [1.54, 1.807) is 19.1 Å². The third kappa shape index (κ3) is 2.57. The minimum Gasteiger partial charge on any atom is -0.478 e. The summed E-state index contributed by atoms with van der Waals surface area (Å²) >= 11 is 10.7. The highest BCUT2D eigenvalue weighted by Gasteiger charge is 2.19. The van der Waals surface area contributed by atoms with Gasteiger partial charge in [-0.2, -0.15) is 0 Å². The van der Waals surface area contributed by atoms with Crippen LogP contribution < -0.4 is 0 Å². The summed E-state index contributed by atoms with van der Waals surface area (Å²) in [7, 11) is 0. The molecule has 2 heterocycles. The number of hydrogen-bond acceptors (Lipinski definition) is 3. The minimum absolute atomic E-state index is 0.279. The molecule has 0 amide bonds. The fourth-order valence-electron chi connectivity index (χ4n) is 2.29. The molecule has 6 heteroatoms. The summed E-state index contributed by atoms with van der Waals surface area (Å²) in [5, 5.41) is 10.2. The van der Waals surface area contributed by atoms with E-state index in [1.165, 1.54) is 11.3 Å². The van der Waals surface area contributed by atoms with Crippen molar-refractivity contribution in [2.75, 3.05) is 0 Å². The molecule has 1 N–H and O–H groups in total. The molecule has 0 spiro atoms. The molecule has 3 rings (SSSR count). The maximum Gasteiger partial charge on any atom is 0.336 e. The number of rotatable bonds is 2. The second-order valence-electron chi connectivity index (χ2n) is 4.53. The Kier molecular flexibility index (Phi) is 3.73. The smallest absolute Gasteiger partial charge is 0.336 e. The normalized spacial score (nSPS) is 11.0. The molecule has 0 atom stereocenters. The number of aromatic carboxylic acids is 1. The average Bonchev–Trinajstić information content (AvgIpc) is 2.84. The van der Waals surface area contributed by atoms with E-state index in [4.69, 9.17) is 11.6 Å². The molecule has 3 nitrogen and oxygen atoms in total. The van der Waals surface area contributed by atoms with Crippen molar-refractivity contribution in [2.45, 2.75) is 6.92 Å². The Morgan fingerprint density at radius 3 is 2.71 bits per heavy atom. The Hall–Kier alpha value is -1.43. The molecule has 1 aromatic carbocycles. The lowest BCUT2D eigenvalue weighted by atomic mass is 10.0. The van der Waals surface area contributed by atoms with E-state index < -0.39 is 5.97 Å². The highest BCUT2D eigenvalue weighted by molar-refractivity contribution is 9.10. The van der Waals surface area contributed by atoms with Gasteiger partial charge >= 0.3 is 5.97 Å². The van der Waals surface area contributed by atoms with Crippen LogP contribution in [-0.2, 0) is 0 Å². The lowest BCUT2D eigenvalue weighted by Crippen LogP contribution is -2.04. The summed E-state index contributed by atoms with van der Waals surface area (Å²) in [6, 6.07) is 9.09. The van der Waals surface area contributed by atoms with Crippen LogP contribution in [0.15, 0.2) is 34.8 Å². The standard InChI is InChI=1S/C15H9BrClNO2S/c1-7-13(15(19)20)9-6-8(16)2-3-10(9)18-14(7)11-4-5-12(17)21-11/h2-6H,1H3,(H,19,20). The molecule has 0 saturated carbocycles. The molecule has 21 heavy (non-hydrogen) atoms. The van der Waals surface area contributed by atoms with E-state index in [0.717, 1.165) is 9.35 Å². The Morgan fingerprint density at radius 2 is 2.10 bits per heavy atom. The molecule has 0 fully saturated rings. The fraction of sp³-hybridized carbons (Fsp3) is 0.0667. The SMILES string of the molecule is Cc1c(-c2ccc(Cl)s2)nc2ccc(Br)cc2c1C(=O)O. The number of thiophene rings is 1. The number of carboxylic acids is 1. The predicted octanol–water partition coefficient (Wildman–Crippen LogP) is 5.39. The van der Waals surface area contributed by atoms with Crippen molar-refractivity contribution < 1.29 is 9.90 Å². The van der Waals surface area contributed by atoms with E-state index in [9.17, 15) is 9.90 Å². The lowest BCUT2D eigenvalue weighted by Gasteiger charge is -2.11. The number of pyridine rings is 1. The first-order chi connectivity index (χ1) is 9.97. The molecule has 0 saturated heterocycles. The Bertz CT molecular complexity index is 875. The quantitative estimate of drug-likeness (QED) is 0.647. The zero-order valence-electron chi connectivity index (χ0n) is 10.9. The Labute approximate surface area is 138 Å². The van der Waals surface area contributed by atoms with Crippen LogP contribution in [0.5, 0.6) is 0 Å². The molecule has 0 bridgehead atoms. The van der Waals surface area contributed by atoms with Crippen LogP contribution in [0.1, 0.15) is 15.9 Å². The van der Waals surface area contributed by atoms with Gasteiger partial charge in [-0.05, 0) is 42.8 Å². The van der Waals surface area contributed by atoms with Gasteiger partial charge in [-0.15, -0.1) is 11.3 Å². The molecule has 0 aliphatic heterocycles. The van der Waals surface area contributed by atoms with Gasteiger partial charge in [0.05, 0.1) is 26.0 Å². The van der Waals surface area contributed by atoms with Crippen LogP contribution in [0.2, 0.25) is 4.34 Å². The van der Waals surface area contributed by atoms with Gasteiger partial charge in [-0.1, -0.05) is 27.5 Å². The lowest BCUT2D eigenvalue weighted by molar-refractivity contribution is 0.0698. The number of halogens is 2. The van der Waals surface area contributed by atoms with Crippen molar-refractivity contribution in [1.82, 2.24) is 4.98 Å². The Balaban J connectivity index is 2.40. The van der Waals surface area contributed by atoms with Gasteiger partial charge in [0.1, 0.15) is 0 Å². The third-order valence-corrected chi connectivity index (χ3v) is 4.94. The number of fused-ring (bicyclic) bond motifs is 1. The van der Waals surface area contributed by atoms with Gasteiger partial charge in [-0.3, -0.25) is 0 Å². The zero-order valence-corrected chi connectivity index (χ0v) is 14.0. The number of benzene rings is 1. The number of nitrogens with zero attached hydrogens (tertiary/aromatic N) is 1. The fourth-order valence-corrected chi connectivity index (χ4v) is 3.74. The molecular weight excluding hydrogens is 374 g/mol. The molecule has 2 aromatic heterocycles. The molecule has 0 aliphatic carbocycles. The molecule has 0 aliphatic rings. The van der Waals surface area contributed by atoms with Gasteiger partial charge in [0.2, 0.25) is 0 Å². The number of hydrogen-bond donors (Lipinski definition) is 1. The maximum absolute atomic E-state index is 11.7. The summed E-state index contributed by atoms with van der Waals surface area (Å²) in [5.41, 5.74) is 2.24. The van der Waals surface area contributed by atoms with Crippen molar-refractivity contribution in [3.63, 3.8) is 0 Å². The van der Waals surface area contributed by atoms with Gasteiger partial charge in [0, 0.05) is 9.86 Å². The van der Waals surface area contributed by atoms with Crippen molar-refractivity contribution in [3.8, 4) is 10.6 Å². The first-order valence-electron chi connectivity index (χ1n) is 6.06. The van der Waals surface area contributed by atoms with Gasteiger partial charge in [-0.25, -0.2) is 9.78 Å². The van der Waals surface area contributed by atoms with Crippen LogP contribution in [-0.4, -0.2) is 16.1 Å². The van der Waals surface area contributed by atoms with Crippen molar-refractivity contribution in [3.05, 3.63) is 50.3 Å². The summed E-state index contributed by atoms with van der Waals surface area (Å²) in [6.45, 7) is 1.78. The highest BCUT2D eigenvalue weighted by atomic mass is 79.9. The van der Waals surface area contributed by atoms with Gasteiger partial charge < -0.3 is 5.11 Å². The molecular formula is C15H9BrClNO2S. The van der Waals surface area contributed by atoms with Crippen molar-refractivity contribution in [2.24, 2.45) is 0 Å². The topological polar surface area (TPSA) is 50.2 Å². The first-order valence-corrected chi connectivity index (χ1v) is 8.05. The molecule has 3 aromatic rings. The molecule has 0 unspecified atom stereocenters. The van der Waals surface area contributed by atoms with Crippen LogP contribution in [0.3, 0.4) is 0 Å². The summed E-state index contributed by atoms with van der Waals surface area (Å²) in [5.74, 6) is -0.957. The number of carbonyl (C=O) groups is 1. The van der Waals surface area contributed by atoms with Crippen LogP contribution >= 0.6 is 38.9 Å². The van der Waals surface area contributed by atoms with Crippen molar-refractivity contribution >= 4 is 55.7 Å². The third-order valence-electron chi connectivity index (χ3n) is 3.21. The van der Waals surface area contributed by atoms with E-state index in [2.05, 4.69) is 20.9 Å². The second-order valence-corrected chi connectivity index (χ2v) is 7.16. The number of aromatic nitrogens is 1. The first kappa shape index (κ1) is 14.5.